The highest BCUT2D eigenvalue weighted by molar-refractivity contribution is 7.80. The number of fused-ring (bicyclic) bond motifs is 4. The van der Waals surface area contributed by atoms with Crippen molar-refractivity contribution in [3.63, 3.8) is 0 Å². The Balaban J connectivity index is 1.61. The van der Waals surface area contributed by atoms with Crippen molar-refractivity contribution in [2.24, 2.45) is 5.92 Å². The van der Waals surface area contributed by atoms with Gasteiger partial charge in [-0.05, 0) is 80.7 Å². The molecule has 5 rings (SSSR count). The number of amides is 1. The fourth-order valence-electron chi connectivity index (χ4n) is 4.91. The maximum atomic E-state index is 13.9. The van der Waals surface area contributed by atoms with E-state index in [-0.39, 0.29) is 5.91 Å². The van der Waals surface area contributed by atoms with Gasteiger partial charge in [0.2, 0.25) is 5.91 Å². The van der Waals surface area contributed by atoms with Crippen LogP contribution in [0.15, 0.2) is 66.7 Å². The molecule has 2 N–H and O–H groups in total. The molecule has 0 aliphatic carbocycles. The zero-order chi connectivity index (χ0) is 25.4. The second-order valence-corrected chi connectivity index (χ2v) is 9.52. The molecule has 0 saturated carbocycles. The lowest BCUT2D eigenvalue weighted by Crippen LogP contribution is -2.72. The number of thiocarbonyl (C=S) groups is 1. The van der Waals surface area contributed by atoms with Crippen molar-refractivity contribution in [2.45, 2.75) is 25.6 Å². The van der Waals surface area contributed by atoms with E-state index in [2.05, 4.69) is 10.6 Å². The van der Waals surface area contributed by atoms with Crippen molar-refractivity contribution in [1.82, 2.24) is 5.32 Å². The average molecular weight is 524 g/mol. The Labute approximate surface area is 220 Å². The van der Waals surface area contributed by atoms with E-state index >= 15 is 0 Å². The molecule has 1 saturated heterocycles. The molecule has 2 bridgehead atoms. The number of carbonyl (C=O) groups excluding carboxylic acids is 1. The maximum Gasteiger partial charge on any atom is 0.236 e. The van der Waals surface area contributed by atoms with Crippen LogP contribution < -0.4 is 29.7 Å². The molecule has 9 heteroatoms. The fraction of sp³-hybridized carbons (Fsp3) is 0.259. The lowest BCUT2D eigenvalue weighted by Gasteiger charge is -2.56. The van der Waals surface area contributed by atoms with Crippen molar-refractivity contribution < 1.29 is 19.0 Å². The Hall–Kier alpha value is -3.49. The second kappa shape index (κ2) is 9.52. The van der Waals surface area contributed by atoms with Crippen LogP contribution in [-0.4, -0.2) is 30.5 Å². The van der Waals surface area contributed by atoms with E-state index in [1.54, 1.807) is 43.5 Å². The summed E-state index contributed by atoms with van der Waals surface area (Å²) in [6.45, 7) is 4.28. The SMILES string of the molecule is CCOc1cccc2c1O[C@]1(C)[C@@H](C(=O)Nc3ccc(OC)cc3)[C@@H]2NC(=S)N1c1ccc(Cl)cc1. The Bertz CT molecular complexity index is 1300. The van der Waals surface area contributed by atoms with Gasteiger partial charge in [-0.25, -0.2) is 0 Å². The van der Waals surface area contributed by atoms with Crippen LogP contribution in [0.1, 0.15) is 25.5 Å². The number of hydrogen-bond donors (Lipinski definition) is 2. The summed E-state index contributed by atoms with van der Waals surface area (Å²) >= 11 is 12.0. The third kappa shape index (κ3) is 4.10. The molecule has 2 heterocycles. The molecule has 7 nitrogen and oxygen atoms in total. The van der Waals surface area contributed by atoms with Crippen LogP contribution in [0.2, 0.25) is 5.02 Å². The summed E-state index contributed by atoms with van der Waals surface area (Å²) in [5.74, 6) is 1.02. The first-order valence-corrected chi connectivity index (χ1v) is 12.4. The number of carbonyl (C=O) groups is 1. The van der Waals surface area contributed by atoms with Crippen molar-refractivity contribution in [3.05, 3.63) is 77.3 Å². The standard InChI is InChI=1S/C27H26ClN3O4S/c1-4-34-21-7-5-6-20-23-22(25(32)29-17-10-14-19(33-3)15-11-17)27(2,35-24(20)21)31(26(36)30-23)18-12-8-16(28)9-13-18/h5-15,22-23H,4H2,1-3H3,(H,29,32)(H,30,36)/t22-,23-,27-/m1/s1. The number of nitrogens with one attached hydrogen (secondary N) is 2. The number of rotatable bonds is 6. The highest BCUT2D eigenvalue weighted by atomic mass is 35.5. The van der Waals surface area contributed by atoms with Gasteiger partial charge in [0.1, 0.15) is 11.7 Å². The van der Waals surface area contributed by atoms with Gasteiger partial charge >= 0.3 is 0 Å². The summed E-state index contributed by atoms with van der Waals surface area (Å²) in [4.78, 5) is 15.7. The van der Waals surface area contributed by atoms with E-state index in [9.17, 15) is 4.79 Å². The van der Waals surface area contributed by atoms with Gasteiger partial charge in [-0.3, -0.25) is 9.69 Å². The molecule has 1 amide bonds. The first-order valence-electron chi connectivity index (χ1n) is 11.6. The van der Waals surface area contributed by atoms with E-state index in [4.69, 9.17) is 38.0 Å². The van der Waals surface area contributed by atoms with E-state index in [0.29, 0.717) is 39.7 Å². The third-order valence-electron chi connectivity index (χ3n) is 6.51. The minimum absolute atomic E-state index is 0.214. The monoisotopic (exact) mass is 523 g/mol. The minimum atomic E-state index is -1.17. The van der Waals surface area contributed by atoms with Gasteiger partial charge in [0.25, 0.3) is 0 Å². The zero-order valence-corrected chi connectivity index (χ0v) is 21.7. The molecule has 0 aromatic heterocycles. The highest BCUT2D eigenvalue weighted by Crippen LogP contribution is 2.52. The van der Waals surface area contributed by atoms with Gasteiger partial charge in [0.05, 0.1) is 19.8 Å². The summed E-state index contributed by atoms with van der Waals surface area (Å²) in [7, 11) is 1.60. The number of hydrogen-bond acceptors (Lipinski definition) is 5. The number of ether oxygens (including phenoxy) is 3. The zero-order valence-electron chi connectivity index (χ0n) is 20.1. The molecule has 186 valence electrons. The van der Waals surface area contributed by atoms with Crippen LogP contribution in [0, 0.1) is 5.92 Å². The quantitative estimate of drug-likeness (QED) is 0.411. The predicted octanol–water partition coefficient (Wildman–Crippen LogP) is 5.55. The van der Waals surface area contributed by atoms with Crippen LogP contribution >= 0.6 is 23.8 Å². The number of para-hydroxylation sites is 1. The molecule has 36 heavy (non-hydrogen) atoms. The van der Waals surface area contributed by atoms with E-state index in [1.165, 1.54) is 0 Å². The topological polar surface area (TPSA) is 72.1 Å². The van der Waals surface area contributed by atoms with Crippen LogP contribution in [0.4, 0.5) is 11.4 Å². The maximum absolute atomic E-state index is 13.9. The van der Waals surface area contributed by atoms with Crippen molar-refractivity contribution >= 4 is 46.2 Å². The second-order valence-electron chi connectivity index (χ2n) is 8.70. The summed E-state index contributed by atoms with van der Waals surface area (Å²) in [6.07, 6.45) is 0. The minimum Gasteiger partial charge on any atom is -0.497 e. The third-order valence-corrected chi connectivity index (χ3v) is 7.07. The first-order chi connectivity index (χ1) is 17.4. The number of halogens is 1. The van der Waals surface area contributed by atoms with Gasteiger partial charge in [0.15, 0.2) is 22.3 Å². The van der Waals surface area contributed by atoms with Gasteiger partial charge in [0, 0.05) is 22.0 Å². The van der Waals surface area contributed by atoms with Crippen LogP contribution in [0.25, 0.3) is 0 Å². The average Bonchev–Trinajstić information content (AvgIpc) is 2.86. The highest BCUT2D eigenvalue weighted by Gasteiger charge is 2.59. The van der Waals surface area contributed by atoms with Gasteiger partial charge in [-0.1, -0.05) is 23.7 Å². The normalized spacial score (nSPS) is 22.1. The summed E-state index contributed by atoms with van der Waals surface area (Å²) in [6, 6.07) is 19.7. The van der Waals surface area contributed by atoms with E-state index < -0.39 is 17.7 Å². The number of methoxy groups -OCH3 is 1. The fourth-order valence-corrected chi connectivity index (χ4v) is 5.45. The summed E-state index contributed by atoms with van der Waals surface area (Å²) in [5.41, 5.74) is 1.04. The number of nitrogens with zero attached hydrogens (tertiary/aromatic N) is 1. The predicted molar refractivity (Wildman–Crippen MR) is 144 cm³/mol. The number of anilines is 2. The van der Waals surface area contributed by atoms with Crippen LogP contribution in [0.3, 0.4) is 0 Å². The van der Waals surface area contributed by atoms with E-state index in [1.807, 2.05) is 49.1 Å². The van der Waals surface area contributed by atoms with E-state index in [0.717, 1.165) is 11.3 Å². The summed E-state index contributed by atoms with van der Waals surface area (Å²) in [5, 5.41) is 7.50. The van der Waals surface area contributed by atoms with Gasteiger partial charge in [-0.15, -0.1) is 0 Å². The van der Waals surface area contributed by atoms with Gasteiger partial charge < -0.3 is 24.8 Å². The smallest absolute Gasteiger partial charge is 0.236 e. The van der Waals surface area contributed by atoms with Crippen LogP contribution in [-0.2, 0) is 4.79 Å². The van der Waals surface area contributed by atoms with Crippen molar-refractivity contribution in [2.75, 3.05) is 23.9 Å². The molecular weight excluding hydrogens is 498 g/mol. The molecule has 2 aliphatic heterocycles. The first kappa shape index (κ1) is 24.2. The molecular formula is C27H26ClN3O4S. The molecule has 3 aromatic rings. The molecule has 3 atom stereocenters. The molecule has 2 aliphatic rings. The molecule has 3 aromatic carbocycles. The lowest BCUT2D eigenvalue weighted by molar-refractivity contribution is -0.130. The Morgan fingerprint density at radius 3 is 2.56 bits per heavy atom. The molecule has 0 spiro atoms. The molecule has 0 radical (unpaired) electrons. The largest absolute Gasteiger partial charge is 0.497 e. The number of benzene rings is 3. The van der Waals surface area contributed by atoms with Crippen molar-refractivity contribution in [3.8, 4) is 17.2 Å². The van der Waals surface area contributed by atoms with Crippen LogP contribution in [0.5, 0.6) is 17.2 Å². The van der Waals surface area contributed by atoms with Crippen molar-refractivity contribution in [1.29, 1.82) is 0 Å². The Morgan fingerprint density at radius 2 is 1.89 bits per heavy atom. The Kier molecular flexibility index (Phi) is 6.40. The summed E-state index contributed by atoms with van der Waals surface area (Å²) < 4.78 is 17.8. The Morgan fingerprint density at radius 1 is 1.17 bits per heavy atom. The molecule has 1 fully saturated rings. The lowest BCUT2D eigenvalue weighted by atomic mass is 9.78. The van der Waals surface area contributed by atoms with Gasteiger partial charge in [-0.2, -0.15) is 0 Å². The molecule has 0 unspecified atom stereocenters.